The number of imide groups is 1. The van der Waals surface area contributed by atoms with Crippen molar-refractivity contribution >= 4 is 17.6 Å². The molecule has 0 aliphatic carbocycles. The van der Waals surface area contributed by atoms with Crippen molar-refractivity contribution in [1.29, 1.82) is 0 Å². The summed E-state index contributed by atoms with van der Waals surface area (Å²) < 4.78 is 0. The van der Waals surface area contributed by atoms with Gasteiger partial charge in [-0.05, 0) is 38.0 Å². The number of urea groups is 1. The molecule has 2 N–H and O–H groups in total. The maximum Gasteiger partial charge on any atom is 0.324 e. The number of amides is 3. The SMILES string of the molecule is Cc1cccc(N[C@H](C)C(=O)N2CCNC2=O)c1C. The third-order valence-electron chi connectivity index (χ3n) is 3.47. The third-order valence-corrected chi connectivity index (χ3v) is 3.47. The van der Waals surface area contributed by atoms with Gasteiger partial charge in [0.25, 0.3) is 5.91 Å². The first-order valence-corrected chi connectivity index (χ1v) is 6.42. The van der Waals surface area contributed by atoms with E-state index < -0.39 is 6.04 Å². The molecule has 0 radical (unpaired) electrons. The molecule has 0 saturated carbocycles. The van der Waals surface area contributed by atoms with Crippen LogP contribution >= 0.6 is 0 Å². The van der Waals surface area contributed by atoms with Crippen molar-refractivity contribution in [3.63, 3.8) is 0 Å². The minimum absolute atomic E-state index is 0.198. The highest BCUT2D eigenvalue weighted by molar-refractivity contribution is 5.99. The number of carbonyl (C=O) groups excluding carboxylic acids is 2. The Balaban J connectivity index is 2.08. The fraction of sp³-hybridized carbons (Fsp3) is 0.429. The molecular formula is C14H19N3O2. The standard InChI is InChI=1S/C14H19N3O2/c1-9-5-4-6-12(10(9)2)16-11(3)13(18)17-8-7-15-14(17)19/h4-6,11,16H,7-8H2,1-3H3,(H,15,19)/t11-/m1/s1. The van der Waals surface area contributed by atoms with E-state index >= 15 is 0 Å². The average molecular weight is 261 g/mol. The molecule has 0 bridgehead atoms. The van der Waals surface area contributed by atoms with Crippen molar-refractivity contribution in [2.75, 3.05) is 18.4 Å². The predicted octanol–water partition coefficient (Wildman–Crippen LogP) is 1.66. The van der Waals surface area contributed by atoms with Crippen LogP contribution in [0.25, 0.3) is 0 Å². The zero-order valence-corrected chi connectivity index (χ0v) is 11.5. The summed E-state index contributed by atoms with van der Waals surface area (Å²) in [5, 5.41) is 5.81. The summed E-state index contributed by atoms with van der Waals surface area (Å²) in [4.78, 5) is 24.9. The lowest BCUT2D eigenvalue weighted by Gasteiger charge is -2.21. The van der Waals surface area contributed by atoms with Gasteiger partial charge in [-0.15, -0.1) is 0 Å². The fourth-order valence-corrected chi connectivity index (χ4v) is 2.12. The molecule has 5 heteroatoms. The van der Waals surface area contributed by atoms with Crippen LogP contribution < -0.4 is 10.6 Å². The molecule has 102 valence electrons. The molecule has 1 aliphatic heterocycles. The highest BCUT2D eigenvalue weighted by Gasteiger charge is 2.29. The highest BCUT2D eigenvalue weighted by Crippen LogP contribution is 2.19. The predicted molar refractivity (Wildman–Crippen MR) is 74.1 cm³/mol. The number of rotatable bonds is 3. The van der Waals surface area contributed by atoms with E-state index in [0.29, 0.717) is 13.1 Å². The van der Waals surface area contributed by atoms with Gasteiger partial charge in [0.15, 0.2) is 0 Å². The summed E-state index contributed by atoms with van der Waals surface area (Å²) in [5.41, 5.74) is 3.22. The molecule has 1 aromatic carbocycles. The molecule has 1 aliphatic rings. The van der Waals surface area contributed by atoms with Gasteiger partial charge < -0.3 is 10.6 Å². The summed E-state index contributed by atoms with van der Waals surface area (Å²) in [5.74, 6) is -0.198. The number of hydrogen-bond donors (Lipinski definition) is 2. The van der Waals surface area contributed by atoms with Crippen LogP contribution in [0.3, 0.4) is 0 Å². The van der Waals surface area contributed by atoms with E-state index in [9.17, 15) is 9.59 Å². The third kappa shape index (κ3) is 2.70. The Bertz CT molecular complexity index is 513. The van der Waals surface area contributed by atoms with Gasteiger partial charge in [-0.2, -0.15) is 0 Å². The van der Waals surface area contributed by atoms with Crippen molar-refractivity contribution in [2.45, 2.75) is 26.8 Å². The lowest BCUT2D eigenvalue weighted by Crippen LogP contribution is -2.43. The van der Waals surface area contributed by atoms with Gasteiger partial charge in [0, 0.05) is 18.8 Å². The summed E-state index contributed by atoms with van der Waals surface area (Å²) in [7, 11) is 0. The van der Waals surface area contributed by atoms with Crippen molar-refractivity contribution in [3.05, 3.63) is 29.3 Å². The Morgan fingerprint density at radius 3 is 2.79 bits per heavy atom. The molecule has 0 spiro atoms. The Kier molecular flexibility index (Phi) is 3.74. The van der Waals surface area contributed by atoms with Crippen LogP contribution in [0.15, 0.2) is 18.2 Å². The normalized spacial score (nSPS) is 16.2. The maximum absolute atomic E-state index is 12.2. The zero-order valence-electron chi connectivity index (χ0n) is 11.5. The lowest BCUT2D eigenvalue weighted by atomic mass is 10.1. The number of benzene rings is 1. The maximum atomic E-state index is 12.2. The number of nitrogens with one attached hydrogen (secondary N) is 2. The number of aryl methyl sites for hydroxylation is 1. The molecule has 5 nitrogen and oxygen atoms in total. The molecule has 1 atom stereocenters. The van der Waals surface area contributed by atoms with E-state index in [2.05, 4.69) is 10.6 Å². The van der Waals surface area contributed by atoms with Crippen molar-refractivity contribution in [2.24, 2.45) is 0 Å². The molecule has 19 heavy (non-hydrogen) atoms. The van der Waals surface area contributed by atoms with Crippen molar-refractivity contribution in [3.8, 4) is 0 Å². The molecule has 1 fully saturated rings. The summed E-state index contributed by atoms with van der Waals surface area (Å²) in [6.45, 7) is 6.78. The van der Waals surface area contributed by atoms with Crippen LogP contribution in [-0.4, -0.2) is 36.0 Å². The number of nitrogens with zero attached hydrogens (tertiary/aromatic N) is 1. The first-order chi connectivity index (χ1) is 9.00. The van der Waals surface area contributed by atoms with E-state index in [0.717, 1.165) is 11.3 Å². The Hall–Kier alpha value is -2.04. The summed E-state index contributed by atoms with van der Waals surface area (Å²) >= 11 is 0. The minimum atomic E-state index is -0.427. The van der Waals surface area contributed by atoms with Gasteiger partial charge >= 0.3 is 6.03 Å². The minimum Gasteiger partial charge on any atom is -0.374 e. The lowest BCUT2D eigenvalue weighted by molar-refractivity contribution is -0.128. The quantitative estimate of drug-likeness (QED) is 0.869. The van der Waals surface area contributed by atoms with E-state index in [1.807, 2.05) is 32.0 Å². The Morgan fingerprint density at radius 1 is 1.42 bits per heavy atom. The van der Waals surface area contributed by atoms with Gasteiger partial charge in [-0.3, -0.25) is 9.69 Å². The van der Waals surface area contributed by atoms with E-state index in [4.69, 9.17) is 0 Å². The van der Waals surface area contributed by atoms with Crippen LogP contribution in [0.1, 0.15) is 18.1 Å². The number of anilines is 1. The van der Waals surface area contributed by atoms with Crippen LogP contribution in [-0.2, 0) is 4.79 Å². The molecule has 1 heterocycles. The van der Waals surface area contributed by atoms with Crippen LogP contribution in [0, 0.1) is 13.8 Å². The molecular weight excluding hydrogens is 242 g/mol. The molecule has 1 aromatic rings. The van der Waals surface area contributed by atoms with Crippen molar-refractivity contribution < 1.29 is 9.59 Å². The van der Waals surface area contributed by atoms with Gasteiger partial charge in [0.1, 0.15) is 6.04 Å². The average Bonchev–Trinajstić information content (AvgIpc) is 2.80. The van der Waals surface area contributed by atoms with Crippen LogP contribution in [0.2, 0.25) is 0 Å². The Morgan fingerprint density at radius 2 is 2.16 bits per heavy atom. The monoisotopic (exact) mass is 261 g/mol. The molecule has 3 amide bonds. The van der Waals surface area contributed by atoms with Crippen LogP contribution in [0.4, 0.5) is 10.5 Å². The van der Waals surface area contributed by atoms with Crippen molar-refractivity contribution in [1.82, 2.24) is 10.2 Å². The van der Waals surface area contributed by atoms with E-state index in [1.54, 1.807) is 6.92 Å². The largest absolute Gasteiger partial charge is 0.374 e. The first-order valence-electron chi connectivity index (χ1n) is 6.42. The second kappa shape index (κ2) is 5.30. The smallest absolute Gasteiger partial charge is 0.324 e. The van der Waals surface area contributed by atoms with E-state index in [1.165, 1.54) is 10.5 Å². The van der Waals surface area contributed by atoms with E-state index in [-0.39, 0.29) is 11.9 Å². The van der Waals surface area contributed by atoms with Crippen LogP contribution in [0.5, 0.6) is 0 Å². The molecule has 0 aromatic heterocycles. The van der Waals surface area contributed by atoms with Gasteiger partial charge in [-0.25, -0.2) is 4.79 Å². The summed E-state index contributed by atoms with van der Waals surface area (Å²) in [6.07, 6.45) is 0. The number of hydrogen-bond acceptors (Lipinski definition) is 3. The molecule has 2 rings (SSSR count). The van der Waals surface area contributed by atoms with Gasteiger partial charge in [0.05, 0.1) is 0 Å². The molecule has 0 unspecified atom stereocenters. The first kappa shape index (κ1) is 13.4. The second-order valence-electron chi connectivity index (χ2n) is 4.84. The Labute approximate surface area is 113 Å². The van der Waals surface area contributed by atoms with Gasteiger partial charge in [-0.1, -0.05) is 12.1 Å². The fourth-order valence-electron chi connectivity index (χ4n) is 2.12. The number of carbonyl (C=O) groups is 2. The highest BCUT2D eigenvalue weighted by atomic mass is 16.2. The second-order valence-corrected chi connectivity index (χ2v) is 4.84. The molecule has 1 saturated heterocycles. The topological polar surface area (TPSA) is 61.4 Å². The van der Waals surface area contributed by atoms with Gasteiger partial charge in [0.2, 0.25) is 0 Å². The zero-order chi connectivity index (χ0) is 14.0. The summed E-state index contributed by atoms with van der Waals surface area (Å²) in [6, 6.07) is 5.19.